The average Bonchev–Trinajstić information content (AvgIpc) is 2.73. The van der Waals surface area contributed by atoms with Crippen LogP contribution in [0.1, 0.15) is 53.9 Å². The Morgan fingerprint density at radius 3 is 2.38 bits per heavy atom. The summed E-state index contributed by atoms with van der Waals surface area (Å²) in [4.78, 5) is 37.0. The first kappa shape index (κ1) is 17.5. The fourth-order valence-electron chi connectivity index (χ4n) is 2.11. The first-order valence-electron chi connectivity index (χ1n) is 7.34. The minimum Gasteiger partial charge on any atom is -0.444 e. The Morgan fingerprint density at radius 1 is 1.24 bits per heavy atom. The van der Waals surface area contributed by atoms with Gasteiger partial charge in [-0.25, -0.2) is 9.59 Å². The minimum atomic E-state index is -0.726. The standard InChI is InChI=1S/C15H25NO5/c1-10(2)9-12(17)20-13(18)11-7-6-8-16(11)14(19)21-15(3,4)5/h10-11H,6-9H2,1-5H3/t11-/m0/s1. The highest BCUT2D eigenvalue weighted by Crippen LogP contribution is 2.22. The smallest absolute Gasteiger partial charge is 0.411 e. The lowest BCUT2D eigenvalue weighted by molar-refractivity contribution is -0.163. The van der Waals surface area contributed by atoms with Crippen molar-refractivity contribution in [1.29, 1.82) is 0 Å². The molecule has 1 fully saturated rings. The van der Waals surface area contributed by atoms with Crippen LogP contribution < -0.4 is 0 Å². The Balaban J connectivity index is 2.62. The highest BCUT2D eigenvalue weighted by molar-refractivity contribution is 5.90. The Hall–Kier alpha value is -1.59. The maximum atomic E-state index is 12.1. The first-order chi connectivity index (χ1) is 9.60. The highest BCUT2D eigenvalue weighted by Gasteiger charge is 2.38. The van der Waals surface area contributed by atoms with Crippen molar-refractivity contribution in [1.82, 2.24) is 4.90 Å². The molecule has 0 spiro atoms. The fraction of sp³-hybridized carbons (Fsp3) is 0.800. The molecule has 1 rings (SSSR count). The summed E-state index contributed by atoms with van der Waals surface area (Å²) in [6, 6.07) is -0.726. The molecule has 1 aliphatic heterocycles. The van der Waals surface area contributed by atoms with E-state index in [1.165, 1.54) is 4.90 Å². The van der Waals surface area contributed by atoms with Crippen LogP contribution in [0.2, 0.25) is 0 Å². The van der Waals surface area contributed by atoms with Gasteiger partial charge in [-0.05, 0) is 39.5 Å². The number of likely N-dealkylation sites (tertiary alicyclic amines) is 1. The summed E-state index contributed by atoms with van der Waals surface area (Å²) in [7, 11) is 0. The SMILES string of the molecule is CC(C)CC(=O)OC(=O)[C@@H]1CCCN1C(=O)OC(C)(C)C. The molecular weight excluding hydrogens is 274 g/mol. The van der Waals surface area contributed by atoms with Gasteiger partial charge in [0.2, 0.25) is 0 Å². The van der Waals surface area contributed by atoms with E-state index in [0.717, 1.165) is 0 Å². The van der Waals surface area contributed by atoms with E-state index in [-0.39, 0.29) is 12.3 Å². The van der Waals surface area contributed by atoms with Crippen molar-refractivity contribution in [3.8, 4) is 0 Å². The van der Waals surface area contributed by atoms with Crippen molar-refractivity contribution in [2.75, 3.05) is 6.54 Å². The van der Waals surface area contributed by atoms with Crippen LogP contribution in [0.25, 0.3) is 0 Å². The highest BCUT2D eigenvalue weighted by atomic mass is 16.6. The van der Waals surface area contributed by atoms with E-state index in [9.17, 15) is 14.4 Å². The topological polar surface area (TPSA) is 72.9 Å². The van der Waals surface area contributed by atoms with E-state index in [1.807, 2.05) is 13.8 Å². The van der Waals surface area contributed by atoms with Crippen molar-refractivity contribution >= 4 is 18.0 Å². The third-order valence-corrected chi connectivity index (χ3v) is 2.94. The molecular formula is C15H25NO5. The van der Waals surface area contributed by atoms with Gasteiger partial charge in [0.15, 0.2) is 0 Å². The second kappa shape index (κ2) is 6.91. The monoisotopic (exact) mass is 299 g/mol. The van der Waals surface area contributed by atoms with Gasteiger partial charge in [0, 0.05) is 13.0 Å². The first-order valence-corrected chi connectivity index (χ1v) is 7.34. The molecule has 0 radical (unpaired) electrons. The number of nitrogens with zero attached hydrogens (tertiary/aromatic N) is 1. The van der Waals surface area contributed by atoms with Crippen LogP contribution in [-0.4, -0.2) is 41.1 Å². The van der Waals surface area contributed by atoms with Gasteiger partial charge in [0.25, 0.3) is 0 Å². The second-order valence-electron chi connectivity index (χ2n) is 6.72. The summed E-state index contributed by atoms with van der Waals surface area (Å²) in [5.41, 5.74) is -0.623. The maximum Gasteiger partial charge on any atom is 0.411 e. The van der Waals surface area contributed by atoms with Crippen molar-refractivity contribution in [2.45, 2.75) is 65.5 Å². The minimum absolute atomic E-state index is 0.121. The van der Waals surface area contributed by atoms with Crippen LogP contribution in [0.5, 0.6) is 0 Å². The largest absolute Gasteiger partial charge is 0.444 e. The summed E-state index contributed by atoms with van der Waals surface area (Å²) in [6.07, 6.45) is 0.827. The van der Waals surface area contributed by atoms with Crippen LogP contribution >= 0.6 is 0 Å². The zero-order valence-electron chi connectivity index (χ0n) is 13.5. The van der Waals surface area contributed by atoms with E-state index in [2.05, 4.69) is 0 Å². The molecule has 0 N–H and O–H groups in total. The number of amides is 1. The molecule has 120 valence electrons. The zero-order chi connectivity index (χ0) is 16.2. The molecule has 0 aromatic heterocycles. The van der Waals surface area contributed by atoms with Crippen molar-refractivity contribution in [3.05, 3.63) is 0 Å². The normalized spacial score (nSPS) is 18.8. The van der Waals surface area contributed by atoms with Gasteiger partial charge in [-0.3, -0.25) is 9.69 Å². The van der Waals surface area contributed by atoms with Gasteiger partial charge >= 0.3 is 18.0 Å². The predicted octanol–water partition coefficient (Wildman–Crippen LogP) is 2.50. The molecule has 0 aromatic carbocycles. The predicted molar refractivity (Wildman–Crippen MR) is 76.5 cm³/mol. The number of ether oxygens (including phenoxy) is 2. The molecule has 0 bridgehead atoms. The van der Waals surface area contributed by atoms with Gasteiger partial charge < -0.3 is 9.47 Å². The number of esters is 2. The summed E-state index contributed by atoms with van der Waals surface area (Å²) < 4.78 is 10.1. The summed E-state index contributed by atoms with van der Waals surface area (Å²) in [6.45, 7) is 9.47. The van der Waals surface area contributed by atoms with E-state index in [0.29, 0.717) is 19.4 Å². The van der Waals surface area contributed by atoms with Gasteiger partial charge in [-0.15, -0.1) is 0 Å². The second-order valence-corrected chi connectivity index (χ2v) is 6.72. The van der Waals surface area contributed by atoms with Crippen molar-refractivity contribution < 1.29 is 23.9 Å². The molecule has 6 heteroatoms. The Kier molecular flexibility index (Phi) is 5.75. The molecule has 0 saturated carbocycles. The molecule has 0 aromatic rings. The third kappa shape index (κ3) is 5.73. The maximum absolute atomic E-state index is 12.1. The zero-order valence-corrected chi connectivity index (χ0v) is 13.5. The van der Waals surface area contributed by atoms with Crippen LogP contribution in [0, 0.1) is 5.92 Å². The number of rotatable bonds is 3. The summed E-state index contributed by atoms with van der Waals surface area (Å²) in [5, 5.41) is 0. The lowest BCUT2D eigenvalue weighted by Crippen LogP contribution is -2.44. The van der Waals surface area contributed by atoms with Crippen LogP contribution in [0.15, 0.2) is 0 Å². The molecule has 21 heavy (non-hydrogen) atoms. The van der Waals surface area contributed by atoms with E-state index < -0.39 is 29.7 Å². The summed E-state index contributed by atoms with van der Waals surface area (Å²) in [5.74, 6) is -1.09. The number of carbonyl (C=O) groups excluding carboxylic acids is 3. The molecule has 0 unspecified atom stereocenters. The molecule has 1 atom stereocenters. The van der Waals surface area contributed by atoms with E-state index >= 15 is 0 Å². The van der Waals surface area contributed by atoms with E-state index in [1.54, 1.807) is 20.8 Å². The van der Waals surface area contributed by atoms with Gasteiger partial charge in [-0.2, -0.15) is 0 Å². The van der Waals surface area contributed by atoms with Crippen molar-refractivity contribution in [2.24, 2.45) is 5.92 Å². The lowest BCUT2D eigenvalue weighted by Gasteiger charge is -2.27. The molecule has 1 amide bonds. The van der Waals surface area contributed by atoms with E-state index in [4.69, 9.17) is 9.47 Å². The Morgan fingerprint density at radius 2 is 1.86 bits per heavy atom. The fourth-order valence-corrected chi connectivity index (χ4v) is 2.11. The molecule has 0 aliphatic carbocycles. The molecule has 6 nitrogen and oxygen atoms in total. The van der Waals surface area contributed by atoms with Crippen LogP contribution in [-0.2, 0) is 19.1 Å². The van der Waals surface area contributed by atoms with Gasteiger partial charge in [0.1, 0.15) is 11.6 Å². The molecule has 1 aliphatic rings. The number of hydrogen-bond acceptors (Lipinski definition) is 5. The van der Waals surface area contributed by atoms with Gasteiger partial charge in [-0.1, -0.05) is 13.8 Å². The number of carbonyl (C=O) groups is 3. The van der Waals surface area contributed by atoms with Crippen molar-refractivity contribution in [3.63, 3.8) is 0 Å². The molecule has 1 heterocycles. The van der Waals surface area contributed by atoms with Gasteiger partial charge in [0.05, 0.1) is 0 Å². The average molecular weight is 299 g/mol. The third-order valence-electron chi connectivity index (χ3n) is 2.94. The Labute approximate surface area is 125 Å². The quantitative estimate of drug-likeness (QED) is 0.591. The Bertz CT molecular complexity index is 411. The number of hydrogen-bond donors (Lipinski definition) is 0. The lowest BCUT2D eigenvalue weighted by atomic mass is 10.1. The molecule has 1 saturated heterocycles. The summed E-state index contributed by atoms with van der Waals surface area (Å²) >= 11 is 0. The van der Waals surface area contributed by atoms with Crippen LogP contribution in [0.3, 0.4) is 0 Å². The van der Waals surface area contributed by atoms with Crippen LogP contribution in [0.4, 0.5) is 4.79 Å².